The molecule has 3 nitrogen and oxygen atoms in total. The van der Waals surface area contributed by atoms with Crippen LogP contribution in [0.15, 0.2) is 11.6 Å². The number of hydrogen-bond acceptors (Lipinski definition) is 3. The number of fused-ring (bicyclic) bond motifs is 5. The van der Waals surface area contributed by atoms with Crippen LogP contribution in [0, 0.1) is 46.3 Å². The molecule has 0 heterocycles. The van der Waals surface area contributed by atoms with Crippen LogP contribution in [0.4, 0.5) is 0 Å². The Morgan fingerprint density at radius 2 is 1.88 bits per heavy atom. The highest BCUT2D eigenvalue weighted by atomic mass is 16.5. The van der Waals surface area contributed by atoms with Gasteiger partial charge in [-0.05, 0) is 85.9 Å². The predicted molar refractivity (Wildman–Crippen MR) is 135 cm³/mol. The molecule has 0 aromatic heterocycles. The molecule has 0 aromatic rings. The van der Waals surface area contributed by atoms with Crippen LogP contribution in [-0.2, 0) is 14.3 Å². The molecule has 4 aliphatic rings. The Morgan fingerprint density at radius 1 is 1.09 bits per heavy atom. The Labute approximate surface area is 203 Å². The molecule has 0 radical (unpaired) electrons. The van der Waals surface area contributed by atoms with Crippen LogP contribution in [0.25, 0.3) is 0 Å². The van der Waals surface area contributed by atoms with Crippen molar-refractivity contribution in [2.45, 2.75) is 111 Å². The Morgan fingerprint density at radius 3 is 2.58 bits per heavy atom. The van der Waals surface area contributed by atoms with Crippen molar-refractivity contribution in [1.82, 2.24) is 0 Å². The lowest BCUT2D eigenvalue weighted by molar-refractivity contribution is -0.149. The summed E-state index contributed by atoms with van der Waals surface area (Å²) in [5, 5.41) is 0. The molecular weight excluding hydrogens is 408 g/mol. The number of ether oxygens (including phenoxy) is 2. The van der Waals surface area contributed by atoms with Gasteiger partial charge in [0, 0.05) is 25.9 Å². The molecule has 0 spiro atoms. The summed E-state index contributed by atoms with van der Waals surface area (Å²) in [5.74, 6) is 4.87. The normalized spacial score (nSPS) is 41.1. The fourth-order valence-electron chi connectivity index (χ4n) is 9.31. The summed E-state index contributed by atoms with van der Waals surface area (Å²) in [5.41, 5.74) is 2.24. The van der Waals surface area contributed by atoms with Crippen LogP contribution in [0.1, 0.15) is 105 Å². The van der Waals surface area contributed by atoms with E-state index in [0.29, 0.717) is 5.41 Å². The number of allylic oxidation sites excluding steroid dienone is 1. The van der Waals surface area contributed by atoms with Gasteiger partial charge in [0.15, 0.2) is 0 Å². The Kier molecular flexibility index (Phi) is 7.68. The Hall–Kier alpha value is -0.830. The van der Waals surface area contributed by atoms with E-state index < -0.39 is 0 Å². The molecule has 4 aliphatic carbocycles. The average Bonchev–Trinajstić information content (AvgIpc) is 3.10. The Bertz CT molecular complexity index is 726. The summed E-state index contributed by atoms with van der Waals surface area (Å²) in [6.45, 7) is 12.3. The highest BCUT2D eigenvalue weighted by Crippen LogP contribution is 2.67. The molecule has 8 atom stereocenters. The van der Waals surface area contributed by atoms with Gasteiger partial charge in [0.25, 0.3) is 0 Å². The lowest BCUT2D eigenvalue weighted by atomic mass is 9.46. The van der Waals surface area contributed by atoms with Gasteiger partial charge in [0.2, 0.25) is 0 Å². The minimum Gasteiger partial charge on any atom is -0.462 e. The molecule has 0 aromatic carbocycles. The molecule has 3 saturated carbocycles. The molecule has 0 N–H and O–H groups in total. The minimum absolute atomic E-state index is 0.0617. The molecule has 3 heteroatoms. The largest absolute Gasteiger partial charge is 0.462 e. The van der Waals surface area contributed by atoms with Gasteiger partial charge in [-0.1, -0.05) is 58.6 Å². The van der Waals surface area contributed by atoms with Gasteiger partial charge in [-0.25, -0.2) is 0 Å². The highest BCUT2D eigenvalue weighted by Gasteiger charge is 2.60. The predicted octanol–water partition coefficient (Wildman–Crippen LogP) is 7.59. The second kappa shape index (κ2) is 10.0. The van der Waals surface area contributed by atoms with Crippen LogP contribution in [-0.4, -0.2) is 25.8 Å². The molecule has 0 bridgehead atoms. The zero-order chi connectivity index (χ0) is 23.8. The van der Waals surface area contributed by atoms with Crippen molar-refractivity contribution < 1.29 is 14.3 Å². The van der Waals surface area contributed by atoms with Gasteiger partial charge in [0.1, 0.15) is 6.10 Å². The number of carbonyl (C=O) groups is 1. The number of esters is 1. The summed E-state index contributed by atoms with van der Waals surface area (Å²) in [6, 6.07) is 0. The fourth-order valence-corrected chi connectivity index (χ4v) is 9.31. The average molecular weight is 459 g/mol. The summed E-state index contributed by atoms with van der Waals surface area (Å²) in [7, 11) is 1.88. The monoisotopic (exact) mass is 458 g/mol. The van der Waals surface area contributed by atoms with Gasteiger partial charge in [-0.2, -0.15) is 0 Å². The van der Waals surface area contributed by atoms with Crippen molar-refractivity contribution >= 4 is 5.97 Å². The SMILES string of the molecule is COC[C@]12CCC(OC(C)=O)CC1=CC[C@@H]1[C@@H]2CC[C@]2(C)[C@@H]([C@H](C)CCCC(C)C)CC[C@@H]12. The van der Waals surface area contributed by atoms with Crippen molar-refractivity contribution in [3.05, 3.63) is 11.6 Å². The van der Waals surface area contributed by atoms with E-state index in [4.69, 9.17) is 9.47 Å². The summed E-state index contributed by atoms with van der Waals surface area (Å²) < 4.78 is 11.6. The maximum atomic E-state index is 11.6. The summed E-state index contributed by atoms with van der Waals surface area (Å²) in [6.07, 6.45) is 16.7. The number of hydrogen-bond donors (Lipinski definition) is 0. The molecule has 0 saturated heterocycles. The van der Waals surface area contributed by atoms with E-state index in [1.165, 1.54) is 51.4 Å². The molecule has 33 heavy (non-hydrogen) atoms. The number of rotatable bonds is 8. The van der Waals surface area contributed by atoms with Gasteiger partial charge < -0.3 is 9.47 Å². The molecule has 188 valence electrons. The first-order valence-electron chi connectivity index (χ1n) is 14.1. The first kappa shape index (κ1) is 25.3. The van der Waals surface area contributed by atoms with Crippen molar-refractivity contribution in [2.75, 3.05) is 13.7 Å². The van der Waals surface area contributed by atoms with Crippen LogP contribution < -0.4 is 0 Å². The van der Waals surface area contributed by atoms with Crippen LogP contribution in [0.3, 0.4) is 0 Å². The van der Waals surface area contributed by atoms with Gasteiger partial charge >= 0.3 is 5.97 Å². The smallest absolute Gasteiger partial charge is 0.302 e. The van der Waals surface area contributed by atoms with Crippen LogP contribution in [0.2, 0.25) is 0 Å². The van der Waals surface area contributed by atoms with Crippen LogP contribution in [0.5, 0.6) is 0 Å². The molecule has 3 fully saturated rings. The third kappa shape index (κ3) is 4.69. The number of methoxy groups -OCH3 is 1. The van der Waals surface area contributed by atoms with Crippen molar-refractivity contribution in [3.8, 4) is 0 Å². The lowest BCUT2D eigenvalue weighted by Gasteiger charge is -2.59. The third-order valence-corrected chi connectivity index (χ3v) is 10.7. The topological polar surface area (TPSA) is 35.5 Å². The van der Waals surface area contributed by atoms with Gasteiger partial charge in [-0.15, -0.1) is 0 Å². The lowest BCUT2D eigenvalue weighted by Crippen LogP contribution is -2.53. The van der Waals surface area contributed by atoms with Crippen LogP contribution >= 0.6 is 0 Å². The van der Waals surface area contributed by atoms with E-state index in [1.807, 2.05) is 7.11 Å². The van der Waals surface area contributed by atoms with E-state index in [0.717, 1.165) is 61.4 Å². The quantitative estimate of drug-likeness (QED) is 0.278. The molecule has 0 aliphatic heterocycles. The summed E-state index contributed by atoms with van der Waals surface area (Å²) >= 11 is 0. The third-order valence-electron chi connectivity index (χ3n) is 10.7. The van der Waals surface area contributed by atoms with E-state index in [2.05, 4.69) is 33.8 Å². The van der Waals surface area contributed by atoms with Gasteiger partial charge in [0.05, 0.1) is 6.61 Å². The summed E-state index contributed by atoms with van der Waals surface area (Å²) in [4.78, 5) is 11.6. The molecule has 4 rings (SSSR count). The molecule has 1 unspecified atom stereocenters. The van der Waals surface area contributed by atoms with E-state index in [-0.39, 0.29) is 17.5 Å². The first-order chi connectivity index (χ1) is 15.7. The van der Waals surface area contributed by atoms with Crippen molar-refractivity contribution in [3.63, 3.8) is 0 Å². The van der Waals surface area contributed by atoms with Gasteiger partial charge in [-0.3, -0.25) is 4.79 Å². The van der Waals surface area contributed by atoms with E-state index >= 15 is 0 Å². The van der Waals surface area contributed by atoms with E-state index in [1.54, 1.807) is 12.5 Å². The second-order valence-corrected chi connectivity index (χ2v) is 12.9. The maximum Gasteiger partial charge on any atom is 0.302 e. The highest BCUT2D eigenvalue weighted by molar-refractivity contribution is 5.66. The zero-order valence-corrected chi connectivity index (χ0v) is 22.3. The van der Waals surface area contributed by atoms with Crippen molar-refractivity contribution in [1.29, 1.82) is 0 Å². The standard InChI is InChI=1S/C30H50O3/c1-20(2)8-7-9-21(3)26-12-13-27-25-11-10-23-18-24(33-22(4)31)14-17-30(23,19-32-6)28(25)15-16-29(26,27)5/h10,20-21,24-28H,7-9,11-19H2,1-6H3/t21-,24?,25+,26-,27+,28+,29-,30-/m1/s1. The zero-order valence-electron chi connectivity index (χ0n) is 22.3. The fraction of sp³-hybridized carbons (Fsp3) is 0.900. The maximum absolute atomic E-state index is 11.6. The first-order valence-corrected chi connectivity index (χ1v) is 14.1. The Balaban J connectivity index is 1.52. The number of carbonyl (C=O) groups excluding carboxylic acids is 1. The van der Waals surface area contributed by atoms with E-state index in [9.17, 15) is 4.79 Å². The van der Waals surface area contributed by atoms with Crippen molar-refractivity contribution in [2.24, 2.45) is 46.3 Å². The minimum atomic E-state index is -0.138. The molecule has 0 amide bonds. The second-order valence-electron chi connectivity index (χ2n) is 12.9. The molecular formula is C30H50O3.